The van der Waals surface area contributed by atoms with Gasteiger partial charge in [-0.05, 0) is 56.4 Å². The highest BCUT2D eigenvalue weighted by Crippen LogP contribution is 2.37. The minimum absolute atomic E-state index is 0.00690. The SMILES string of the molecule is Cc1cc2cc(F)c(CCC3(N)CC3)cc2[nH]1. The van der Waals surface area contributed by atoms with Gasteiger partial charge in [0.25, 0.3) is 0 Å². The Balaban J connectivity index is 1.89. The first-order chi connectivity index (χ1) is 8.06. The molecule has 0 bridgehead atoms. The molecule has 0 spiro atoms. The van der Waals surface area contributed by atoms with E-state index in [1.807, 2.05) is 19.1 Å². The molecule has 1 saturated carbocycles. The number of benzene rings is 1. The van der Waals surface area contributed by atoms with E-state index in [0.717, 1.165) is 47.8 Å². The van der Waals surface area contributed by atoms with Crippen molar-refractivity contribution in [3.63, 3.8) is 0 Å². The molecule has 3 rings (SSSR count). The quantitative estimate of drug-likeness (QED) is 0.839. The summed E-state index contributed by atoms with van der Waals surface area (Å²) in [5.74, 6) is -0.110. The Kier molecular flexibility index (Phi) is 2.26. The molecular weight excluding hydrogens is 215 g/mol. The Morgan fingerprint density at radius 3 is 2.82 bits per heavy atom. The molecular formula is C14H17FN2. The summed E-state index contributed by atoms with van der Waals surface area (Å²) in [5.41, 5.74) is 8.88. The molecule has 0 unspecified atom stereocenters. The first-order valence-corrected chi connectivity index (χ1v) is 6.12. The van der Waals surface area contributed by atoms with E-state index in [4.69, 9.17) is 5.73 Å². The third-order valence-corrected chi connectivity index (χ3v) is 3.71. The lowest BCUT2D eigenvalue weighted by Gasteiger charge is -2.09. The molecule has 2 nitrogen and oxygen atoms in total. The fourth-order valence-corrected chi connectivity index (χ4v) is 2.33. The maximum absolute atomic E-state index is 13.9. The van der Waals surface area contributed by atoms with Crippen molar-refractivity contribution < 1.29 is 4.39 Å². The third-order valence-electron chi connectivity index (χ3n) is 3.71. The van der Waals surface area contributed by atoms with Gasteiger partial charge in [0.1, 0.15) is 5.82 Å². The number of hydrogen-bond donors (Lipinski definition) is 2. The monoisotopic (exact) mass is 232 g/mol. The average molecular weight is 232 g/mol. The van der Waals surface area contributed by atoms with Crippen molar-refractivity contribution in [3.05, 3.63) is 35.3 Å². The second-order valence-corrected chi connectivity index (χ2v) is 5.35. The molecule has 0 radical (unpaired) electrons. The summed E-state index contributed by atoms with van der Waals surface area (Å²) in [6, 6.07) is 5.50. The van der Waals surface area contributed by atoms with Crippen LogP contribution in [-0.2, 0) is 6.42 Å². The zero-order valence-corrected chi connectivity index (χ0v) is 10.0. The van der Waals surface area contributed by atoms with Gasteiger partial charge in [-0.1, -0.05) is 0 Å². The van der Waals surface area contributed by atoms with Gasteiger partial charge in [0.05, 0.1) is 0 Å². The summed E-state index contributed by atoms with van der Waals surface area (Å²) in [6.07, 6.45) is 3.78. The second-order valence-electron chi connectivity index (χ2n) is 5.35. The number of aryl methyl sites for hydroxylation is 2. The fraction of sp³-hybridized carbons (Fsp3) is 0.429. The number of aromatic amines is 1. The lowest BCUT2D eigenvalue weighted by molar-refractivity contribution is 0.572. The van der Waals surface area contributed by atoms with Crippen molar-refractivity contribution in [2.45, 2.75) is 38.1 Å². The Morgan fingerprint density at radius 1 is 1.35 bits per heavy atom. The minimum Gasteiger partial charge on any atom is -0.359 e. The minimum atomic E-state index is -0.110. The van der Waals surface area contributed by atoms with Gasteiger partial charge in [0, 0.05) is 22.1 Å². The largest absolute Gasteiger partial charge is 0.359 e. The van der Waals surface area contributed by atoms with Crippen LogP contribution in [-0.4, -0.2) is 10.5 Å². The number of halogens is 1. The molecule has 2 aromatic rings. The van der Waals surface area contributed by atoms with Crippen LogP contribution < -0.4 is 5.73 Å². The Labute approximate surface area is 100 Å². The smallest absolute Gasteiger partial charge is 0.127 e. The van der Waals surface area contributed by atoms with E-state index < -0.39 is 0 Å². The van der Waals surface area contributed by atoms with Gasteiger partial charge in [-0.2, -0.15) is 0 Å². The van der Waals surface area contributed by atoms with E-state index in [0.29, 0.717) is 0 Å². The highest BCUT2D eigenvalue weighted by atomic mass is 19.1. The molecule has 0 saturated heterocycles. The van der Waals surface area contributed by atoms with Crippen molar-refractivity contribution in [2.75, 3.05) is 0 Å². The van der Waals surface area contributed by atoms with Crippen LogP contribution in [0.4, 0.5) is 4.39 Å². The van der Waals surface area contributed by atoms with Crippen molar-refractivity contribution in [1.29, 1.82) is 0 Å². The van der Waals surface area contributed by atoms with Crippen molar-refractivity contribution in [1.82, 2.24) is 4.98 Å². The number of nitrogens with two attached hydrogens (primary N) is 1. The molecule has 1 heterocycles. The maximum Gasteiger partial charge on any atom is 0.127 e. The Bertz CT molecular complexity index is 567. The summed E-state index contributed by atoms with van der Waals surface area (Å²) in [4.78, 5) is 3.24. The van der Waals surface area contributed by atoms with Gasteiger partial charge in [0.15, 0.2) is 0 Å². The van der Waals surface area contributed by atoms with Crippen LogP contribution >= 0.6 is 0 Å². The van der Waals surface area contributed by atoms with Crippen LogP contribution in [0.3, 0.4) is 0 Å². The molecule has 1 aliphatic rings. The van der Waals surface area contributed by atoms with Crippen molar-refractivity contribution >= 4 is 10.9 Å². The van der Waals surface area contributed by atoms with E-state index in [1.54, 1.807) is 6.07 Å². The van der Waals surface area contributed by atoms with E-state index in [9.17, 15) is 4.39 Å². The molecule has 1 aliphatic carbocycles. The third kappa shape index (κ3) is 2.07. The summed E-state index contributed by atoms with van der Waals surface area (Å²) in [5, 5.41) is 0.942. The number of aromatic nitrogens is 1. The topological polar surface area (TPSA) is 41.8 Å². The molecule has 0 atom stereocenters. The second kappa shape index (κ2) is 3.57. The van der Waals surface area contributed by atoms with Gasteiger partial charge < -0.3 is 10.7 Å². The van der Waals surface area contributed by atoms with Crippen LogP contribution in [0.1, 0.15) is 30.5 Å². The molecule has 0 amide bonds. The number of rotatable bonds is 3. The molecule has 0 aliphatic heterocycles. The Morgan fingerprint density at radius 2 is 2.12 bits per heavy atom. The van der Waals surface area contributed by atoms with Crippen molar-refractivity contribution in [2.24, 2.45) is 5.73 Å². The number of H-pyrrole nitrogens is 1. The van der Waals surface area contributed by atoms with Crippen LogP contribution in [0, 0.1) is 12.7 Å². The van der Waals surface area contributed by atoms with Gasteiger partial charge >= 0.3 is 0 Å². The van der Waals surface area contributed by atoms with E-state index in [2.05, 4.69) is 4.98 Å². The lowest BCUT2D eigenvalue weighted by Crippen LogP contribution is -2.22. The zero-order chi connectivity index (χ0) is 12.0. The molecule has 17 heavy (non-hydrogen) atoms. The summed E-state index contributed by atoms with van der Waals surface area (Å²) < 4.78 is 13.9. The summed E-state index contributed by atoms with van der Waals surface area (Å²) >= 11 is 0. The van der Waals surface area contributed by atoms with Crippen LogP contribution in [0.2, 0.25) is 0 Å². The fourth-order valence-electron chi connectivity index (χ4n) is 2.33. The predicted molar refractivity (Wildman–Crippen MR) is 67.5 cm³/mol. The van der Waals surface area contributed by atoms with Gasteiger partial charge in [-0.25, -0.2) is 4.39 Å². The number of fused-ring (bicyclic) bond motifs is 1. The van der Waals surface area contributed by atoms with Crippen molar-refractivity contribution in [3.8, 4) is 0 Å². The molecule has 3 heteroatoms. The highest BCUT2D eigenvalue weighted by molar-refractivity contribution is 5.81. The van der Waals surface area contributed by atoms with E-state index in [1.165, 1.54) is 0 Å². The molecule has 1 fully saturated rings. The first kappa shape index (κ1) is 10.8. The van der Waals surface area contributed by atoms with Gasteiger partial charge in [-0.15, -0.1) is 0 Å². The lowest BCUT2D eigenvalue weighted by atomic mass is 10.0. The molecule has 1 aromatic carbocycles. The van der Waals surface area contributed by atoms with Crippen LogP contribution in [0.5, 0.6) is 0 Å². The number of hydrogen-bond acceptors (Lipinski definition) is 1. The average Bonchev–Trinajstić information content (AvgIpc) is 2.88. The van der Waals surface area contributed by atoms with Crippen LogP contribution in [0.25, 0.3) is 10.9 Å². The molecule has 1 aromatic heterocycles. The molecule has 90 valence electrons. The normalized spacial score (nSPS) is 17.6. The zero-order valence-electron chi connectivity index (χ0n) is 10.0. The standard InChI is InChI=1S/C14H17FN2/c1-9-6-11-7-12(15)10(8-13(11)17-9)2-3-14(16)4-5-14/h6-8,17H,2-5,16H2,1H3. The highest BCUT2D eigenvalue weighted by Gasteiger charge is 2.37. The molecule has 3 N–H and O–H groups in total. The first-order valence-electron chi connectivity index (χ1n) is 6.12. The van der Waals surface area contributed by atoms with Gasteiger partial charge in [0.2, 0.25) is 0 Å². The number of nitrogens with one attached hydrogen (secondary N) is 1. The van der Waals surface area contributed by atoms with E-state index >= 15 is 0 Å². The van der Waals surface area contributed by atoms with Gasteiger partial charge in [-0.3, -0.25) is 0 Å². The summed E-state index contributed by atoms with van der Waals surface area (Å²) in [7, 11) is 0. The van der Waals surface area contributed by atoms with Crippen LogP contribution in [0.15, 0.2) is 18.2 Å². The predicted octanol–water partition coefficient (Wildman–Crippen LogP) is 3.04. The summed E-state index contributed by atoms with van der Waals surface area (Å²) in [6.45, 7) is 1.98. The maximum atomic E-state index is 13.9. The Hall–Kier alpha value is -1.35. The van der Waals surface area contributed by atoms with E-state index in [-0.39, 0.29) is 11.4 Å².